The van der Waals surface area contributed by atoms with Crippen molar-refractivity contribution < 1.29 is 0 Å². The summed E-state index contributed by atoms with van der Waals surface area (Å²) in [6.45, 7) is 19.7. The van der Waals surface area contributed by atoms with Crippen LogP contribution < -0.4 is 0 Å². The molecule has 0 heterocycles. The summed E-state index contributed by atoms with van der Waals surface area (Å²) >= 11 is 0. The first-order valence-corrected chi connectivity index (χ1v) is 9.11. The molecule has 6 unspecified atom stereocenters. The first-order valence-electron chi connectivity index (χ1n) is 9.11. The highest BCUT2D eigenvalue weighted by molar-refractivity contribution is 5.30. The monoisotopic (exact) mass is 298 g/mol. The minimum absolute atomic E-state index is 0.0571. The first kappa shape index (κ1) is 15.9. The van der Waals surface area contributed by atoms with Gasteiger partial charge < -0.3 is 0 Å². The van der Waals surface area contributed by atoms with Crippen LogP contribution in [0.25, 0.3) is 4.85 Å². The third-order valence-electron chi connectivity index (χ3n) is 7.37. The quantitative estimate of drug-likeness (QED) is 0.516. The minimum atomic E-state index is -0.0571. The van der Waals surface area contributed by atoms with Crippen molar-refractivity contribution in [2.45, 2.75) is 71.8 Å². The Bertz CT molecular complexity index is 551. The molecule has 0 aromatic rings. The molecule has 3 rings (SSSR count). The average Bonchev–Trinajstić information content (AvgIpc) is 2.46. The molecule has 0 bridgehead atoms. The summed E-state index contributed by atoms with van der Waals surface area (Å²) in [6, 6.07) is 0. The van der Waals surface area contributed by atoms with Gasteiger partial charge in [-0.1, -0.05) is 35.6 Å². The lowest BCUT2D eigenvalue weighted by Crippen LogP contribution is -2.59. The van der Waals surface area contributed by atoms with Crippen LogP contribution in [0.3, 0.4) is 0 Å². The highest BCUT2D eigenvalue weighted by atomic mass is 14.9. The van der Waals surface area contributed by atoms with Crippen LogP contribution in [0.1, 0.15) is 66.2 Å². The molecule has 0 radical (unpaired) electrons. The zero-order valence-corrected chi connectivity index (χ0v) is 14.9. The van der Waals surface area contributed by atoms with E-state index in [1.165, 1.54) is 37.7 Å². The number of hydrogen-bond donors (Lipinski definition) is 0. The molecule has 0 aromatic heterocycles. The van der Waals surface area contributed by atoms with Gasteiger partial charge in [-0.2, -0.15) is 0 Å². The normalized spacial score (nSPS) is 47.7. The van der Waals surface area contributed by atoms with Gasteiger partial charge in [0, 0.05) is 18.8 Å². The fourth-order valence-electron chi connectivity index (χ4n) is 6.40. The Morgan fingerprint density at radius 3 is 2.68 bits per heavy atom. The van der Waals surface area contributed by atoms with Crippen LogP contribution in [0, 0.1) is 35.7 Å². The molecule has 3 aliphatic rings. The fourth-order valence-corrected chi connectivity index (χ4v) is 6.40. The van der Waals surface area contributed by atoms with E-state index >= 15 is 0 Å². The molecule has 22 heavy (non-hydrogen) atoms. The van der Waals surface area contributed by atoms with Crippen molar-refractivity contribution in [2.24, 2.45) is 29.1 Å². The van der Waals surface area contributed by atoms with E-state index in [0.29, 0.717) is 11.8 Å². The molecule has 0 aliphatic heterocycles. The topological polar surface area (TPSA) is 4.36 Å². The van der Waals surface area contributed by atoms with Crippen molar-refractivity contribution in [3.63, 3.8) is 0 Å². The first-order chi connectivity index (χ1) is 10.3. The fraction of sp³-hybridized carbons (Fsp3) is 0.762. The summed E-state index contributed by atoms with van der Waals surface area (Å²) in [5, 5.41) is 0. The average molecular weight is 298 g/mol. The van der Waals surface area contributed by atoms with Crippen LogP contribution in [0.4, 0.5) is 0 Å². The summed E-state index contributed by atoms with van der Waals surface area (Å²) in [5.74, 6) is 2.77. The van der Waals surface area contributed by atoms with Gasteiger partial charge in [-0.15, -0.1) is 0 Å². The van der Waals surface area contributed by atoms with Gasteiger partial charge in [0.15, 0.2) is 0 Å². The predicted octanol–water partition coefficient (Wildman–Crippen LogP) is 6.08. The van der Waals surface area contributed by atoms with E-state index in [4.69, 9.17) is 6.57 Å². The largest absolute Gasteiger partial charge is 0.281 e. The summed E-state index contributed by atoms with van der Waals surface area (Å²) in [7, 11) is 0. The number of hydrogen-bond acceptors (Lipinski definition) is 0. The van der Waals surface area contributed by atoms with Crippen molar-refractivity contribution >= 4 is 0 Å². The standard InChI is InChI=1S/C21H32N/c1-14(2)17-9-8-16(4)18-11-12-20(5,22-6)19-10-7-15(3)13-21(17,18)19/h6,13,16-19H,1,7-12H2,2-5H3/q+1. The van der Waals surface area contributed by atoms with Gasteiger partial charge in [0.05, 0.1) is 5.92 Å². The van der Waals surface area contributed by atoms with Crippen molar-refractivity contribution in [1.29, 1.82) is 0 Å². The van der Waals surface area contributed by atoms with Crippen molar-refractivity contribution in [1.82, 2.24) is 0 Å². The van der Waals surface area contributed by atoms with Gasteiger partial charge in [-0.25, -0.2) is 0 Å². The van der Waals surface area contributed by atoms with Crippen LogP contribution in [0.2, 0.25) is 0 Å². The number of allylic oxidation sites excluding steroid dienone is 3. The van der Waals surface area contributed by atoms with Gasteiger partial charge in [0.25, 0.3) is 12.1 Å². The van der Waals surface area contributed by atoms with E-state index in [-0.39, 0.29) is 11.0 Å². The van der Waals surface area contributed by atoms with E-state index in [2.05, 4.69) is 45.2 Å². The van der Waals surface area contributed by atoms with Crippen molar-refractivity contribution in [2.75, 3.05) is 0 Å². The summed E-state index contributed by atoms with van der Waals surface area (Å²) in [4.78, 5) is 4.43. The zero-order valence-electron chi connectivity index (χ0n) is 14.9. The summed E-state index contributed by atoms with van der Waals surface area (Å²) < 4.78 is 0. The maximum Gasteiger partial charge on any atom is 0.281 e. The Balaban J connectivity index is 2.20. The van der Waals surface area contributed by atoms with Crippen LogP contribution in [0.5, 0.6) is 0 Å². The van der Waals surface area contributed by atoms with Crippen molar-refractivity contribution in [3.8, 4) is 6.57 Å². The van der Waals surface area contributed by atoms with E-state index in [1.54, 1.807) is 5.57 Å². The van der Waals surface area contributed by atoms with Gasteiger partial charge in [-0.05, 0) is 63.7 Å². The highest BCUT2D eigenvalue weighted by Crippen LogP contribution is 2.66. The Hall–Kier alpha value is -1.03. The maximum atomic E-state index is 5.94. The van der Waals surface area contributed by atoms with E-state index < -0.39 is 0 Å². The molecule has 1 heteroatoms. The van der Waals surface area contributed by atoms with Gasteiger partial charge >= 0.3 is 0 Å². The molecule has 0 amide bonds. The van der Waals surface area contributed by atoms with Gasteiger partial charge in [-0.3, -0.25) is 0 Å². The molecule has 3 aliphatic carbocycles. The van der Waals surface area contributed by atoms with Gasteiger partial charge in [0.1, 0.15) is 0 Å². The maximum absolute atomic E-state index is 5.94. The molecule has 0 saturated heterocycles. The molecule has 0 N–H and O–H groups in total. The number of rotatable bonds is 1. The van der Waals surface area contributed by atoms with Crippen LogP contribution >= 0.6 is 0 Å². The number of nitrogens with zero attached hydrogens (tertiary/aromatic N) is 1. The Morgan fingerprint density at radius 2 is 2.05 bits per heavy atom. The lowest BCUT2D eigenvalue weighted by molar-refractivity contribution is -0.0732. The molecule has 6 atom stereocenters. The second-order valence-corrected chi connectivity index (χ2v) is 8.67. The second kappa shape index (κ2) is 5.26. The minimum Gasteiger partial charge on any atom is -0.0998 e. The Morgan fingerprint density at radius 1 is 1.32 bits per heavy atom. The van der Waals surface area contributed by atoms with E-state index in [1.807, 2.05) is 0 Å². The van der Waals surface area contributed by atoms with E-state index in [9.17, 15) is 0 Å². The molecular formula is C21H32N+. The zero-order chi connectivity index (χ0) is 16.1. The third kappa shape index (κ3) is 2.03. The lowest BCUT2D eigenvalue weighted by atomic mass is 9.41. The SMILES string of the molecule is C#[N+]C1(C)CCC2C(C)CCC(C(=C)C)C23C=C(C)CCC13. The van der Waals surface area contributed by atoms with Crippen LogP contribution in [0.15, 0.2) is 23.8 Å². The van der Waals surface area contributed by atoms with Crippen LogP contribution in [-0.2, 0) is 0 Å². The second-order valence-electron chi connectivity index (χ2n) is 8.67. The predicted molar refractivity (Wildman–Crippen MR) is 95.0 cm³/mol. The highest BCUT2D eigenvalue weighted by Gasteiger charge is 2.65. The molecule has 1 spiro atoms. The molecule has 120 valence electrons. The summed E-state index contributed by atoms with van der Waals surface area (Å²) in [6.07, 6.45) is 10.2. The van der Waals surface area contributed by atoms with Crippen molar-refractivity contribution in [3.05, 3.63) is 28.6 Å². The van der Waals surface area contributed by atoms with Gasteiger partial charge in [0.2, 0.25) is 0 Å². The Labute approximate surface area is 136 Å². The summed E-state index contributed by atoms with van der Waals surface area (Å²) in [5.41, 5.74) is 3.14. The smallest absolute Gasteiger partial charge is 0.0998 e. The molecule has 1 nitrogen and oxygen atoms in total. The van der Waals surface area contributed by atoms with E-state index in [0.717, 1.165) is 18.3 Å². The molecular weight excluding hydrogens is 266 g/mol. The molecule has 0 aromatic carbocycles. The van der Waals surface area contributed by atoms with Crippen LogP contribution in [-0.4, -0.2) is 5.54 Å². The third-order valence-corrected chi connectivity index (χ3v) is 7.37. The lowest BCUT2D eigenvalue weighted by Gasteiger charge is -2.60. The Kier molecular flexibility index (Phi) is 3.79. The molecule has 2 fully saturated rings. The molecule has 2 saturated carbocycles.